The number of benzene rings is 1. The Balaban J connectivity index is 2.43. The Bertz CT molecular complexity index is 412. The van der Waals surface area contributed by atoms with Gasteiger partial charge in [0.2, 0.25) is 0 Å². The van der Waals surface area contributed by atoms with Crippen LogP contribution < -0.4 is 10.5 Å². The minimum Gasteiger partial charge on any atom is -0.496 e. The first-order chi connectivity index (χ1) is 8.22. The summed E-state index contributed by atoms with van der Waals surface area (Å²) in [4.78, 5) is 2.12. The van der Waals surface area contributed by atoms with Crippen molar-refractivity contribution in [2.24, 2.45) is 5.73 Å². The Hall–Kier alpha value is -0.810. The molecule has 0 saturated carbocycles. The molecule has 1 heterocycles. The summed E-state index contributed by atoms with van der Waals surface area (Å²) in [6.07, 6.45) is 0. The number of methoxy groups -OCH3 is 1. The zero-order valence-corrected chi connectivity index (χ0v) is 10.6. The largest absolute Gasteiger partial charge is 0.496 e. The van der Waals surface area contributed by atoms with Gasteiger partial charge in [-0.25, -0.2) is 0 Å². The maximum atomic E-state index is 9.07. The molecule has 0 radical (unpaired) electrons. The zero-order valence-electron chi connectivity index (χ0n) is 9.82. The molecule has 4 nitrogen and oxygen atoms in total. The third kappa shape index (κ3) is 2.13. The number of ether oxygens (including phenoxy) is 1. The molecule has 1 atom stereocenters. The first kappa shape index (κ1) is 12.6. The van der Waals surface area contributed by atoms with E-state index in [0.717, 1.165) is 28.4 Å². The molecule has 0 saturated heterocycles. The van der Waals surface area contributed by atoms with Crippen molar-refractivity contribution < 1.29 is 9.84 Å². The van der Waals surface area contributed by atoms with Crippen LogP contribution in [0.4, 0.5) is 0 Å². The first-order valence-electron chi connectivity index (χ1n) is 5.63. The lowest BCUT2D eigenvalue weighted by Crippen LogP contribution is -2.30. The lowest BCUT2D eigenvalue weighted by atomic mass is 10.0. The van der Waals surface area contributed by atoms with E-state index in [1.165, 1.54) is 0 Å². The van der Waals surface area contributed by atoms with Gasteiger partial charge in [0, 0.05) is 36.3 Å². The number of hydrogen-bond donors (Lipinski definition) is 2. The van der Waals surface area contributed by atoms with E-state index in [0.29, 0.717) is 13.1 Å². The zero-order chi connectivity index (χ0) is 12.4. The normalized spacial score (nSPS) is 19.4. The SMILES string of the molecule is COc1ccc(Cl)c2c1CN(CCO)C2CN. The van der Waals surface area contributed by atoms with Crippen molar-refractivity contribution in [3.05, 3.63) is 28.3 Å². The van der Waals surface area contributed by atoms with Gasteiger partial charge in [0.1, 0.15) is 5.75 Å². The molecular weight excluding hydrogens is 240 g/mol. The highest BCUT2D eigenvalue weighted by molar-refractivity contribution is 6.31. The van der Waals surface area contributed by atoms with Crippen LogP contribution >= 0.6 is 11.6 Å². The molecular formula is C12H17ClN2O2. The van der Waals surface area contributed by atoms with E-state index in [1.54, 1.807) is 7.11 Å². The van der Waals surface area contributed by atoms with Crippen LogP contribution in [0.2, 0.25) is 5.02 Å². The average molecular weight is 257 g/mol. The van der Waals surface area contributed by atoms with Crippen molar-refractivity contribution in [2.75, 3.05) is 26.8 Å². The quantitative estimate of drug-likeness (QED) is 0.849. The number of hydrogen-bond acceptors (Lipinski definition) is 4. The molecule has 2 rings (SSSR count). The van der Waals surface area contributed by atoms with Gasteiger partial charge in [-0.1, -0.05) is 11.6 Å². The van der Waals surface area contributed by atoms with Crippen LogP contribution in [0.3, 0.4) is 0 Å². The number of aliphatic hydroxyl groups excluding tert-OH is 1. The fourth-order valence-corrected chi connectivity index (χ4v) is 2.76. The van der Waals surface area contributed by atoms with Gasteiger partial charge < -0.3 is 15.6 Å². The molecule has 1 aliphatic rings. The van der Waals surface area contributed by atoms with Crippen molar-refractivity contribution in [1.29, 1.82) is 0 Å². The Morgan fingerprint density at radius 3 is 2.94 bits per heavy atom. The van der Waals surface area contributed by atoms with Gasteiger partial charge in [0.15, 0.2) is 0 Å². The molecule has 0 aromatic heterocycles. The van der Waals surface area contributed by atoms with Gasteiger partial charge in [-0.15, -0.1) is 0 Å². The molecule has 0 amide bonds. The van der Waals surface area contributed by atoms with Gasteiger partial charge in [-0.2, -0.15) is 0 Å². The maximum absolute atomic E-state index is 9.07. The second kappa shape index (κ2) is 5.23. The van der Waals surface area contributed by atoms with E-state index in [1.807, 2.05) is 12.1 Å². The molecule has 17 heavy (non-hydrogen) atoms. The summed E-state index contributed by atoms with van der Waals surface area (Å²) in [6, 6.07) is 3.78. The summed E-state index contributed by atoms with van der Waals surface area (Å²) in [5.74, 6) is 0.836. The number of aliphatic hydroxyl groups is 1. The number of nitrogens with two attached hydrogens (primary N) is 1. The van der Waals surface area contributed by atoms with Crippen molar-refractivity contribution >= 4 is 11.6 Å². The predicted molar refractivity (Wildman–Crippen MR) is 67.3 cm³/mol. The van der Waals surface area contributed by atoms with Gasteiger partial charge in [-0.05, 0) is 17.7 Å². The lowest BCUT2D eigenvalue weighted by Gasteiger charge is -2.22. The van der Waals surface area contributed by atoms with Crippen molar-refractivity contribution in [2.45, 2.75) is 12.6 Å². The summed E-state index contributed by atoms with van der Waals surface area (Å²) in [6.45, 7) is 1.92. The van der Waals surface area contributed by atoms with Crippen LogP contribution in [0, 0.1) is 0 Å². The Kier molecular flexibility index (Phi) is 3.89. The minimum atomic E-state index is 0.0692. The van der Waals surface area contributed by atoms with Crippen molar-refractivity contribution in [3.8, 4) is 5.75 Å². The molecule has 0 spiro atoms. The molecule has 1 aromatic carbocycles. The minimum absolute atomic E-state index is 0.0692. The van der Waals surface area contributed by atoms with E-state index in [2.05, 4.69) is 4.90 Å². The van der Waals surface area contributed by atoms with Gasteiger partial charge >= 0.3 is 0 Å². The standard InChI is InChI=1S/C12H17ClN2O2/c1-17-11-3-2-9(13)12-8(11)7-15(4-5-16)10(12)6-14/h2-3,10,16H,4-7,14H2,1H3. The molecule has 5 heteroatoms. The molecule has 1 unspecified atom stereocenters. The maximum Gasteiger partial charge on any atom is 0.123 e. The van der Waals surface area contributed by atoms with Gasteiger partial charge in [-0.3, -0.25) is 4.90 Å². The highest BCUT2D eigenvalue weighted by atomic mass is 35.5. The van der Waals surface area contributed by atoms with Crippen LogP contribution in [0.25, 0.3) is 0 Å². The fraction of sp³-hybridized carbons (Fsp3) is 0.500. The van der Waals surface area contributed by atoms with Crippen LogP contribution in [0.1, 0.15) is 17.2 Å². The van der Waals surface area contributed by atoms with Crippen molar-refractivity contribution in [3.63, 3.8) is 0 Å². The van der Waals surface area contributed by atoms with E-state index < -0.39 is 0 Å². The third-order valence-electron chi connectivity index (χ3n) is 3.23. The number of rotatable bonds is 4. The van der Waals surface area contributed by atoms with Gasteiger partial charge in [0.25, 0.3) is 0 Å². The molecule has 3 N–H and O–H groups in total. The molecule has 1 aromatic rings. The molecule has 0 bridgehead atoms. The van der Waals surface area contributed by atoms with Gasteiger partial charge in [0.05, 0.1) is 13.7 Å². The molecule has 94 valence electrons. The summed E-state index contributed by atoms with van der Waals surface area (Å²) in [7, 11) is 1.65. The van der Waals surface area contributed by atoms with Crippen LogP contribution in [-0.4, -0.2) is 36.8 Å². The lowest BCUT2D eigenvalue weighted by molar-refractivity contribution is 0.163. The summed E-state index contributed by atoms with van der Waals surface area (Å²) >= 11 is 6.24. The second-order valence-electron chi connectivity index (χ2n) is 4.09. The molecule has 0 fully saturated rings. The summed E-state index contributed by atoms with van der Waals surface area (Å²) in [5, 5.41) is 9.79. The number of β-amino-alcohol motifs (C(OH)–C–C–N with tert-alkyl or cyclic N) is 1. The Labute approximate surface area is 106 Å². The Morgan fingerprint density at radius 1 is 1.59 bits per heavy atom. The average Bonchev–Trinajstić information content (AvgIpc) is 2.69. The predicted octanol–water partition coefficient (Wildman–Crippen LogP) is 1.16. The summed E-state index contributed by atoms with van der Waals surface area (Å²) in [5.41, 5.74) is 7.94. The highest BCUT2D eigenvalue weighted by Gasteiger charge is 2.32. The van der Waals surface area contributed by atoms with Crippen LogP contribution in [0.5, 0.6) is 5.75 Å². The van der Waals surface area contributed by atoms with E-state index >= 15 is 0 Å². The van der Waals surface area contributed by atoms with Crippen LogP contribution in [-0.2, 0) is 6.54 Å². The van der Waals surface area contributed by atoms with Crippen LogP contribution in [0.15, 0.2) is 12.1 Å². The number of fused-ring (bicyclic) bond motifs is 1. The Morgan fingerprint density at radius 2 is 2.35 bits per heavy atom. The smallest absolute Gasteiger partial charge is 0.123 e. The number of nitrogens with zero attached hydrogens (tertiary/aromatic N) is 1. The second-order valence-corrected chi connectivity index (χ2v) is 4.49. The number of halogens is 1. The third-order valence-corrected chi connectivity index (χ3v) is 3.56. The molecule has 0 aliphatic carbocycles. The van der Waals surface area contributed by atoms with E-state index in [9.17, 15) is 0 Å². The topological polar surface area (TPSA) is 58.7 Å². The molecule has 1 aliphatic heterocycles. The monoisotopic (exact) mass is 256 g/mol. The van der Waals surface area contributed by atoms with Crippen molar-refractivity contribution in [1.82, 2.24) is 4.90 Å². The first-order valence-corrected chi connectivity index (χ1v) is 6.01. The highest BCUT2D eigenvalue weighted by Crippen LogP contribution is 2.41. The summed E-state index contributed by atoms with van der Waals surface area (Å²) < 4.78 is 5.34. The fourth-order valence-electron chi connectivity index (χ4n) is 2.46. The van der Waals surface area contributed by atoms with E-state index in [-0.39, 0.29) is 12.6 Å². The van der Waals surface area contributed by atoms with E-state index in [4.69, 9.17) is 27.2 Å².